The zero-order valence-electron chi connectivity index (χ0n) is 8.07. The maximum absolute atomic E-state index is 9.57. The van der Waals surface area contributed by atoms with E-state index in [2.05, 4.69) is 0 Å². The first-order valence-electron chi connectivity index (χ1n) is 4.99. The Morgan fingerprint density at radius 3 is 3.07 bits per heavy atom. The van der Waals surface area contributed by atoms with Crippen molar-refractivity contribution in [3.8, 4) is 11.5 Å². The lowest BCUT2D eigenvalue weighted by Crippen LogP contribution is -2.14. The number of fused-ring (bicyclic) bond motifs is 1. The summed E-state index contributed by atoms with van der Waals surface area (Å²) in [5.74, 6) is 1.17. The normalized spacial score (nSPS) is 19.1. The van der Waals surface area contributed by atoms with E-state index in [0.29, 0.717) is 12.3 Å². The van der Waals surface area contributed by atoms with E-state index in [1.165, 1.54) is 0 Å². The van der Waals surface area contributed by atoms with Crippen molar-refractivity contribution in [3.05, 3.63) is 23.8 Å². The highest BCUT2D eigenvalue weighted by Crippen LogP contribution is 2.36. The first-order chi connectivity index (χ1) is 6.81. The highest BCUT2D eigenvalue weighted by Gasteiger charge is 2.24. The van der Waals surface area contributed by atoms with E-state index in [4.69, 9.17) is 10.5 Å². The van der Waals surface area contributed by atoms with Gasteiger partial charge in [-0.1, -0.05) is 6.07 Å². The third kappa shape index (κ3) is 1.68. The molecule has 14 heavy (non-hydrogen) atoms. The third-order valence-corrected chi connectivity index (χ3v) is 2.56. The molecule has 0 bridgehead atoms. The standard InChI is InChI=1S/C11H15NO2/c12-6-2-3-8-7-9-10(13)4-1-5-11(9)14-8/h1,4-5,8,13H,2-3,6-7,12H2. The summed E-state index contributed by atoms with van der Waals surface area (Å²) >= 11 is 0. The van der Waals surface area contributed by atoms with Crippen molar-refractivity contribution in [1.29, 1.82) is 0 Å². The third-order valence-electron chi connectivity index (χ3n) is 2.56. The number of aromatic hydroxyl groups is 1. The fourth-order valence-electron chi connectivity index (χ4n) is 1.83. The smallest absolute Gasteiger partial charge is 0.126 e. The molecule has 3 heteroatoms. The van der Waals surface area contributed by atoms with Crippen molar-refractivity contribution in [2.75, 3.05) is 6.54 Å². The highest BCUT2D eigenvalue weighted by molar-refractivity contribution is 5.46. The largest absolute Gasteiger partial charge is 0.508 e. The average molecular weight is 193 g/mol. The Kier molecular flexibility index (Phi) is 2.59. The Labute approximate surface area is 83.5 Å². The minimum Gasteiger partial charge on any atom is -0.508 e. The second-order valence-electron chi connectivity index (χ2n) is 3.63. The summed E-state index contributed by atoms with van der Waals surface area (Å²) in [7, 11) is 0. The SMILES string of the molecule is NCCCC1Cc2c(O)cccc2O1. The van der Waals surface area contributed by atoms with E-state index < -0.39 is 0 Å². The molecule has 1 heterocycles. The Bertz CT molecular complexity index is 325. The molecule has 0 fully saturated rings. The van der Waals surface area contributed by atoms with Gasteiger partial charge in [0.05, 0.1) is 0 Å². The zero-order valence-corrected chi connectivity index (χ0v) is 8.07. The van der Waals surface area contributed by atoms with Gasteiger partial charge in [-0.25, -0.2) is 0 Å². The number of phenols is 1. The summed E-state index contributed by atoms with van der Waals surface area (Å²) in [5.41, 5.74) is 6.38. The number of phenolic OH excluding ortho intramolecular Hbond substituents is 1. The molecule has 0 spiro atoms. The minimum absolute atomic E-state index is 0.196. The number of benzene rings is 1. The van der Waals surface area contributed by atoms with Crippen LogP contribution in [0.3, 0.4) is 0 Å². The fourth-order valence-corrected chi connectivity index (χ4v) is 1.83. The lowest BCUT2D eigenvalue weighted by atomic mass is 10.1. The second-order valence-corrected chi connectivity index (χ2v) is 3.63. The summed E-state index contributed by atoms with van der Waals surface area (Å²) in [6.45, 7) is 0.697. The fraction of sp³-hybridized carbons (Fsp3) is 0.455. The van der Waals surface area contributed by atoms with Crippen LogP contribution in [0.4, 0.5) is 0 Å². The van der Waals surface area contributed by atoms with Crippen LogP contribution in [0.25, 0.3) is 0 Å². The first-order valence-corrected chi connectivity index (χ1v) is 4.99. The van der Waals surface area contributed by atoms with Gasteiger partial charge in [0.2, 0.25) is 0 Å². The molecule has 3 nitrogen and oxygen atoms in total. The Morgan fingerprint density at radius 2 is 2.36 bits per heavy atom. The molecule has 1 aliphatic heterocycles. The van der Waals surface area contributed by atoms with Gasteiger partial charge in [0.1, 0.15) is 17.6 Å². The molecule has 3 N–H and O–H groups in total. The number of ether oxygens (including phenoxy) is 1. The Hall–Kier alpha value is -1.22. The van der Waals surface area contributed by atoms with E-state index in [9.17, 15) is 5.11 Å². The molecular weight excluding hydrogens is 178 g/mol. The van der Waals surface area contributed by atoms with Crippen molar-refractivity contribution in [3.63, 3.8) is 0 Å². The lowest BCUT2D eigenvalue weighted by molar-refractivity contribution is 0.219. The minimum atomic E-state index is 0.196. The van der Waals surface area contributed by atoms with Crippen molar-refractivity contribution in [1.82, 2.24) is 0 Å². The summed E-state index contributed by atoms with van der Waals surface area (Å²) < 4.78 is 5.67. The van der Waals surface area contributed by atoms with E-state index in [1.807, 2.05) is 6.07 Å². The van der Waals surface area contributed by atoms with Crippen molar-refractivity contribution >= 4 is 0 Å². The zero-order chi connectivity index (χ0) is 9.97. The maximum atomic E-state index is 9.57. The first kappa shape index (κ1) is 9.34. The van der Waals surface area contributed by atoms with Crippen molar-refractivity contribution in [2.45, 2.75) is 25.4 Å². The number of hydrogen-bond donors (Lipinski definition) is 2. The van der Waals surface area contributed by atoms with Crippen LogP contribution in [0, 0.1) is 0 Å². The van der Waals surface area contributed by atoms with Gasteiger partial charge in [-0.3, -0.25) is 0 Å². The Balaban J connectivity index is 2.06. The van der Waals surface area contributed by atoms with Crippen LogP contribution in [0.5, 0.6) is 11.5 Å². The highest BCUT2D eigenvalue weighted by atomic mass is 16.5. The molecule has 1 aromatic rings. The van der Waals surface area contributed by atoms with Crippen LogP contribution in [0.1, 0.15) is 18.4 Å². The summed E-state index contributed by atoms with van der Waals surface area (Å²) in [5, 5.41) is 9.57. The molecule has 76 valence electrons. The van der Waals surface area contributed by atoms with Gasteiger partial charge >= 0.3 is 0 Å². The maximum Gasteiger partial charge on any atom is 0.126 e. The quantitative estimate of drug-likeness (QED) is 0.763. The van der Waals surface area contributed by atoms with Crippen LogP contribution in [-0.2, 0) is 6.42 Å². The van der Waals surface area contributed by atoms with E-state index >= 15 is 0 Å². The summed E-state index contributed by atoms with van der Waals surface area (Å²) in [4.78, 5) is 0. The molecule has 1 aliphatic rings. The molecule has 0 aromatic heterocycles. The van der Waals surface area contributed by atoms with Gasteiger partial charge in [-0.2, -0.15) is 0 Å². The predicted octanol–water partition coefficient (Wildman–Crippen LogP) is 1.43. The van der Waals surface area contributed by atoms with Gasteiger partial charge in [-0.05, 0) is 31.5 Å². The van der Waals surface area contributed by atoms with Gasteiger partial charge < -0.3 is 15.6 Å². The molecule has 0 radical (unpaired) electrons. The molecule has 0 aliphatic carbocycles. The number of hydrogen-bond acceptors (Lipinski definition) is 3. The predicted molar refractivity (Wildman–Crippen MR) is 54.5 cm³/mol. The van der Waals surface area contributed by atoms with Gasteiger partial charge in [0.15, 0.2) is 0 Å². The van der Waals surface area contributed by atoms with Crippen LogP contribution in [-0.4, -0.2) is 17.8 Å². The average Bonchev–Trinajstić information content (AvgIpc) is 2.59. The molecule has 0 saturated heterocycles. The molecular formula is C11H15NO2. The van der Waals surface area contributed by atoms with Gasteiger partial charge in [-0.15, -0.1) is 0 Å². The molecule has 2 rings (SSSR count). The van der Waals surface area contributed by atoms with Crippen molar-refractivity contribution in [2.24, 2.45) is 5.73 Å². The molecule has 1 atom stereocenters. The number of nitrogens with two attached hydrogens (primary N) is 1. The Morgan fingerprint density at radius 1 is 1.50 bits per heavy atom. The van der Waals surface area contributed by atoms with Crippen LogP contribution in [0.2, 0.25) is 0 Å². The second kappa shape index (κ2) is 3.88. The van der Waals surface area contributed by atoms with Gasteiger partial charge in [0.25, 0.3) is 0 Å². The number of rotatable bonds is 3. The lowest BCUT2D eigenvalue weighted by Gasteiger charge is -2.08. The van der Waals surface area contributed by atoms with E-state index in [-0.39, 0.29) is 6.10 Å². The molecule has 1 unspecified atom stereocenters. The molecule has 0 saturated carbocycles. The monoisotopic (exact) mass is 193 g/mol. The molecule has 1 aromatic carbocycles. The molecule has 0 amide bonds. The van der Waals surface area contributed by atoms with Crippen molar-refractivity contribution < 1.29 is 9.84 Å². The van der Waals surface area contributed by atoms with E-state index in [1.54, 1.807) is 12.1 Å². The summed E-state index contributed by atoms with van der Waals surface area (Å²) in [6.07, 6.45) is 2.94. The summed E-state index contributed by atoms with van der Waals surface area (Å²) in [6, 6.07) is 5.41. The van der Waals surface area contributed by atoms with Crippen LogP contribution < -0.4 is 10.5 Å². The van der Waals surface area contributed by atoms with Crippen LogP contribution >= 0.6 is 0 Å². The van der Waals surface area contributed by atoms with E-state index in [0.717, 1.165) is 30.6 Å². The van der Waals surface area contributed by atoms with Crippen LogP contribution in [0.15, 0.2) is 18.2 Å². The topological polar surface area (TPSA) is 55.5 Å². The van der Waals surface area contributed by atoms with Gasteiger partial charge in [0, 0.05) is 12.0 Å².